The van der Waals surface area contributed by atoms with E-state index in [-0.39, 0.29) is 5.78 Å². The number of carbonyl (C=O) groups excluding carboxylic acids is 1. The number of nitrogens with zero attached hydrogens (tertiary/aromatic N) is 2. The van der Waals surface area contributed by atoms with Crippen LogP contribution in [0, 0.1) is 5.92 Å². The van der Waals surface area contributed by atoms with Crippen molar-refractivity contribution in [1.29, 1.82) is 0 Å². The van der Waals surface area contributed by atoms with Crippen molar-refractivity contribution in [2.24, 2.45) is 5.92 Å². The van der Waals surface area contributed by atoms with E-state index in [1.807, 2.05) is 18.2 Å². The average Bonchev–Trinajstić information content (AvgIpc) is 3.41. The molecule has 3 aromatic carbocycles. The van der Waals surface area contributed by atoms with Gasteiger partial charge in [-0.15, -0.1) is 0 Å². The van der Waals surface area contributed by atoms with Crippen molar-refractivity contribution >= 4 is 16.8 Å². The number of likely N-dealkylation sites (tertiary alicyclic amines) is 1. The number of para-hydroxylation sites is 1. The molecule has 0 amide bonds. The van der Waals surface area contributed by atoms with Crippen molar-refractivity contribution in [3.05, 3.63) is 89.6 Å². The van der Waals surface area contributed by atoms with Gasteiger partial charge in [0.05, 0.1) is 19.4 Å². The van der Waals surface area contributed by atoms with E-state index in [1.165, 1.54) is 5.56 Å². The number of methoxy groups -OCH3 is 1. The SMILES string of the molecule is COc1cc(C(C)=O)ccc1OCC(CCc1ccccc1)CCN1CCC(c2noc3ccccc23)CC1. The van der Waals surface area contributed by atoms with Gasteiger partial charge in [-0.2, -0.15) is 0 Å². The summed E-state index contributed by atoms with van der Waals surface area (Å²) in [5.41, 5.74) is 3.97. The van der Waals surface area contributed by atoms with Crippen LogP contribution in [0.1, 0.15) is 60.1 Å². The third-order valence-corrected chi connectivity index (χ3v) is 7.96. The normalized spacial score (nSPS) is 15.3. The smallest absolute Gasteiger partial charge is 0.167 e. The summed E-state index contributed by atoms with van der Waals surface area (Å²) in [6.45, 7) is 5.36. The molecule has 204 valence electrons. The number of aryl methyl sites for hydroxylation is 1. The third kappa shape index (κ3) is 6.87. The van der Waals surface area contributed by atoms with Crippen molar-refractivity contribution in [2.45, 2.75) is 44.9 Å². The Morgan fingerprint density at radius 1 is 1.00 bits per heavy atom. The first-order valence-electron chi connectivity index (χ1n) is 14.0. The van der Waals surface area contributed by atoms with Crippen LogP contribution in [0.3, 0.4) is 0 Å². The lowest BCUT2D eigenvalue weighted by Crippen LogP contribution is -2.35. The molecule has 1 fully saturated rings. The first kappa shape index (κ1) is 26.9. The Morgan fingerprint density at radius 2 is 1.77 bits per heavy atom. The van der Waals surface area contributed by atoms with Gasteiger partial charge in [0.15, 0.2) is 22.9 Å². The summed E-state index contributed by atoms with van der Waals surface area (Å²) in [4.78, 5) is 14.4. The van der Waals surface area contributed by atoms with Crippen LogP contribution in [0.5, 0.6) is 11.5 Å². The summed E-state index contributed by atoms with van der Waals surface area (Å²) >= 11 is 0. The second-order valence-corrected chi connectivity index (χ2v) is 10.6. The molecule has 2 heterocycles. The van der Waals surface area contributed by atoms with Gasteiger partial charge in [0.1, 0.15) is 0 Å². The maximum atomic E-state index is 11.8. The Balaban J connectivity index is 1.18. The fourth-order valence-electron chi connectivity index (χ4n) is 5.53. The van der Waals surface area contributed by atoms with Crippen LogP contribution in [0.25, 0.3) is 11.0 Å². The Morgan fingerprint density at radius 3 is 2.54 bits per heavy atom. The van der Waals surface area contributed by atoms with E-state index < -0.39 is 0 Å². The van der Waals surface area contributed by atoms with Crippen LogP contribution >= 0.6 is 0 Å². The highest BCUT2D eigenvalue weighted by Crippen LogP contribution is 2.33. The number of ketones is 1. The zero-order chi connectivity index (χ0) is 27.0. The largest absolute Gasteiger partial charge is 0.493 e. The molecule has 1 saturated heterocycles. The van der Waals surface area contributed by atoms with Crippen LogP contribution < -0.4 is 9.47 Å². The zero-order valence-electron chi connectivity index (χ0n) is 23.0. The lowest BCUT2D eigenvalue weighted by Gasteiger charge is -2.32. The molecule has 6 heteroatoms. The Hall–Kier alpha value is -3.64. The van der Waals surface area contributed by atoms with Gasteiger partial charge in [-0.25, -0.2) is 0 Å². The number of carbonyl (C=O) groups is 1. The highest BCUT2D eigenvalue weighted by Gasteiger charge is 2.25. The second-order valence-electron chi connectivity index (χ2n) is 10.6. The minimum atomic E-state index is 0.0149. The molecule has 0 radical (unpaired) electrons. The van der Waals surface area contributed by atoms with Crippen LogP contribution in [-0.4, -0.2) is 49.2 Å². The number of fused-ring (bicyclic) bond motifs is 1. The summed E-state index contributed by atoms with van der Waals surface area (Å²) in [6, 6.07) is 24.2. The molecule has 0 spiro atoms. The van der Waals surface area contributed by atoms with E-state index >= 15 is 0 Å². The van der Waals surface area contributed by atoms with E-state index in [1.54, 1.807) is 26.2 Å². The number of ether oxygens (including phenoxy) is 2. The lowest BCUT2D eigenvalue weighted by molar-refractivity contribution is 0.101. The standard InChI is InChI=1S/C33H38N2O4/c1-24(36)28-14-15-31(32(22-28)37-2)38-23-26(13-12-25-8-4-3-5-9-25)16-19-35-20-17-27(18-21-35)33-29-10-6-7-11-30(29)39-34-33/h3-11,14-15,22,26-27H,12-13,16-21,23H2,1-2H3. The number of Topliss-reactive ketones (excluding diaryl/α,β-unsaturated/α-hetero) is 1. The molecule has 0 aliphatic carbocycles. The predicted molar refractivity (Wildman–Crippen MR) is 154 cm³/mol. The Labute approximate surface area is 230 Å². The van der Waals surface area contributed by atoms with Gasteiger partial charge >= 0.3 is 0 Å². The minimum Gasteiger partial charge on any atom is -0.493 e. The number of hydrogen-bond acceptors (Lipinski definition) is 6. The van der Waals surface area contributed by atoms with Gasteiger partial charge < -0.3 is 18.9 Å². The van der Waals surface area contributed by atoms with Gasteiger partial charge in [0.25, 0.3) is 0 Å². The molecule has 1 unspecified atom stereocenters. The highest BCUT2D eigenvalue weighted by molar-refractivity contribution is 5.94. The minimum absolute atomic E-state index is 0.0149. The van der Waals surface area contributed by atoms with E-state index in [0.717, 1.165) is 68.4 Å². The molecular formula is C33H38N2O4. The molecule has 1 aromatic heterocycles. The molecule has 39 heavy (non-hydrogen) atoms. The molecule has 1 aliphatic heterocycles. The van der Waals surface area contributed by atoms with E-state index in [4.69, 9.17) is 14.0 Å². The van der Waals surface area contributed by atoms with Crippen molar-refractivity contribution in [1.82, 2.24) is 10.1 Å². The van der Waals surface area contributed by atoms with Gasteiger partial charge in [0.2, 0.25) is 0 Å². The van der Waals surface area contributed by atoms with Gasteiger partial charge in [-0.3, -0.25) is 4.79 Å². The molecule has 1 atom stereocenters. The summed E-state index contributed by atoms with van der Waals surface area (Å²) in [5.74, 6) is 2.16. The molecule has 0 N–H and O–H groups in total. The fraction of sp³-hybridized carbons (Fsp3) is 0.394. The van der Waals surface area contributed by atoms with Crippen molar-refractivity contribution in [3.63, 3.8) is 0 Å². The zero-order valence-corrected chi connectivity index (χ0v) is 23.0. The molecular weight excluding hydrogens is 488 g/mol. The quantitative estimate of drug-likeness (QED) is 0.186. The van der Waals surface area contributed by atoms with Crippen LogP contribution in [-0.2, 0) is 6.42 Å². The van der Waals surface area contributed by atoms with Crippen LogP contribution in [0.4, 0.5) is 0 Å². The molecule has 0 bridgehead atoms. The Bertz CT molecular complexity index is 1360. The number of rotatable bonds is 12. The topological polar surface area (TPSA) is 64.8 Å². The third-order valence-electron chi connectivity index (χ3n) is 7.96. The highest BCUT2D eigenvalue weighted by atomic mass is 16.5. The van der Waals surface area contributed by atoms with Crippen molar-refractivity contribution < 1.29 is 18.8 Å². The maximum Gasteiger partial charge on any atom is 0.167 e. The summed E-state index contributed by atoms with van der Waals surface area (Å²) in [7, 11) is 1.62. The number of hydrogen-bond donors (Lipinski definition) is 0. The molecule has 0 saturated carbocycles. The molecule has 6 nitrogen and oxygen atoms in total. The molecule has 1 aliphatic rings. The molecule has 5 rings (SSSR count). The van der Waals surface area contributed by atoms with E-state index in [0.29, 0.717) is 35.5 Å². The van der Waals surface area contributed by atoms with Crippen LogP contribution in [0.15, 0.2) is 77.3 Å². The number of piperidine rings is 1. The average molecular weight is 527 g/mol. The molecule has 4 aromatic rings. The maximum absolute atomic E-state index is 11.8. The first-order chi connectivity index (χ1) is 19.1. The number of aromatic nitrogens is 1. The van der Waals surface area contributed by atoms with Gasteiger partial charge in [0, 0.05) is 16.9 Å². The first-order valence-corrected chi connectivity index (χ1v) is 14.0. The lowest BCUT2D eigenvalue weighted by atomic mass is 9.91. The van der Waals surface area contributed by atoms with Crippen molar-refractivity contribution in [3.8, 4) is 11.5 Å². The second kappa shape index (κ2) is 12.9. The van der Waals surface area contributed by atoms with Crippen molar-refractivity contribution in [2.75, 3.05) is 33.4 Å². The van der Waals surface area contributed by atoms with Crippen LogP contribution in [0.2, 0.25) is 0 Å². The van der Waals surface area contributed by atoms with E-state index in [9.17, 15) is 4.79 Å². The monoisotopic (exact) mass is 526 g/mol. The van der Waals surface area contributed by atoms with Gasteiger partial charge in [-0.1, -0.05) is 47.6 Å². The predicted octanol–water partition coefficient (Wildman–Crippen LogP) is 6.94. The summed E-state index contributed by atoms with van der Waals surface area (Å²) in [5, 5.41) is 5.57. The summed E-state index contributed by atoms with van der Waals surface area (Å²) < 4.78 is 17.4. The van der Waals surface area contributed by atoms with E-state index in [2.05, 4.69) is 52.5 Å². The Kier molecular flexibility index (Phi) is 8.94. The van der Waals surface area contributed by atoms with Gasteiger partial charge in [-0.05, 0) is 100 Å². The number of benzene rings is 3. The fourth-order valence-corrected chi connectivity index (χ4v) is 5.53. The summed E-state index contributed by atoms with van der Waals surface area (Å²) in [6.07, 6.45) is 5.34.